The molecule has 0 spiro atoms. The lowest BCUT2D eigenvalue weighted by molar-refractivity contribution is -0.130. The third kappa shape index (κ3) is 3.46. The first-order chi connectivity index (χ1) is 11.6. The SMILES string of the molecule is CC(=O)N1CCC[C@@H]1[C@@H]1CCCN1CC(=O)NC(C1CC1)C1CC1. The summed E-state index contributed by atoms with van der Waals surface area (Å²) in [4.78, 5) is 28.9. The first-order valence-electron chi connectivity index (χ1n) is 9.94. The van der Waals surface area contributed by atoms with Gasteiger partial charge in [0.05, 0.1) is 6.54 Å². The van der Waals surface area contributed by atoms with E-state index in [2.05, 4.69) is 10.2 Å². The maximum absolute atomic E-state index is 12.6. The van der Waals surface area contributed by atoms with E-state index in [4.69, 9.17) is 0 Å². The molecule has 2 atom stereocenters. The van der Waals surface area contributed by atoms with Crippen molar-refractivity contribution >= 4 is 11.8 Å². The van der Waals surface area contributed by atoms with Crippen LogP contribution in [0.2, 0.25) is 0 Å². The molecule has 2 amide bonds. The van der Waals surface area contributed by atoms with Crippen LogP contribution < -0.4 is 5.32 Å². The number of hydrogen-bond donors (Lipinski definition) is 1. The van der Waals surface area contributed by atoms with E-state index in [-0.39, 0.29) is 11.8 Å². The first kappa shape index (κ1) is 16.4. The minimum atomic E-state index is 0.191. The molecule has 0 aromatic rings. The highest BCUT2D eigenvalue weighted by atomic mass is 16.2. The number of hydrogen-bond acceptors (Lipinski definition) is 3. The molecule has 2 heterocycles. The van der Waals surface area contributed by atoms with Crippen molar-refractivity contribution in [3.63, 3.8) is 0 Å². The molecule has 0 bridgehead atoms. The van der Waals surface area contributed by atoms with Crippen LogP contribution in [0, 0.1) is 11.8 Å². The largest absolute Gasteiger partial charge is 0.352 e. The number of carbonyl (C=O) groups is 2. The second-order valence-corrected chi connectivity index (χ2v) is 8.37. The molecule has 2 saturated heterocycles. The summed E-state index contributed by atoms with van der Waals surface area (Å²) in [6.07, 6.45) is 9.65. The molecule has 4 rings (SSSR count). The van der Waals surface area contributed by atoms with Gasteiger partial charge in [0.1, 0.15) is 0 Å². The molecule has 0 unspecified atom stereocenters. The molecular formula is C19H31N3O2. The highest BCUT2D eigenvalue weighted by molar-refractivity contribution is 5.78. The van der Waals surface area contributed by atoms with Crippen LogP contribution in [0.5, 0.6) is 0 Å². The van der Waals surface area contributed by atoms with Crippen LogP contribution in [0.4, 0.5) is 0 Å². The molecule has 24 heavy (non-hydrogen) atoms. The number of likely N-dealkylation sites (tertiary alicyclic amines) is 2. The molecule has 2 aliphatic heterocycles. The zero-order valence-corrected chi connectivity index (χ0v) is 14.9. The highest BCUT2D eigenvalue weighted by Gasteiger charge is 2.43. The van der Waals surface area contributed by atoms with E-state index in [9.17, 15) is 9.59 Å². The Bertz CT molecular complexity index is 489. The van der Waals surface area contributed by atoms with Gasteiger partial charge in [-0.25, -0.2) is 0 Å². The van der Waals surface area contributed by atoms with E-state index in [0.717, 1.165) is 50.6 Å². The first-order valence-corrected chi connectivity index (χ1v) is 9.94. The maximum atomic E-state index is 12.6. The Labute approximate surface area is 145 Å². The van der Waals surface area contributed by atoms with Gasteiger partial charge in [0.15, 0.2) is 0 Å². The molecule has 134 valence electrons. The summed E-state index contributed by atoms with van der Waals surface area (Å²) < 4.78 is 0. The van der Waals surface area contributed by atoms with E-state index in [1.807, 2.05) is 4.90 Å². The van der Waals surface area contributed by atoms with Crippen LogP contribution in [0.25, 0.3) is 0 Å². The minimum absolute atomic E-state index is 0.191. The van der Waals surface area contributed by atoms with Crippen molar-refractivity contribution in [1.82, 2.24) is 15.1 Å². The van der Waals surface area contributed by atoms with Gasteiger partial charge in [0.25, 0.3) is 0 Å². The van der Waals surface area contributed by atoms with Crippen LogP contribution in [-0.2, 0) is 9.59 Å². The zero-order chi connectivity index (χ0) is 16.7. The van der Waals surface area contributed by atoms with Gasteiger partial charge in [-0.1, -0.05) is 0 Å². The van der Waals surface area contributed by atoms with Crippen LogP contribution in [0.3, 0.4) is 0 Å². The van der Waals surface area contributed by atoms with E-state index < -0.39 is 0 Å². The smallest absolute Gasteiger partial charge is 0.234 e. The maximum Gasteiger partial charge on any atom is 0.234 e. The quantitative estimate of drug-likeness (QED) is 0.806. The average molecular weight is 333 g/mol. The predicted octanol–water partition coefficient (Wildman–Crippen LogP) is 1.77. The van der Waals surface area contributed by atoms with E-state index in [1.165, 1.54) is 25.7 Å². The number of rotatable bonds is 6. The fourth-order valence-electron chi connectivity index (χ4n) is 5.01. The van der Waals surface area contributed by atoms with Gasteiger partial charge in [-0.3, -0.25) is 14.5 Å². The highest BCUT2D eigenvalue weighted by Crippen LogP contribution is 2.44. The van der Waals surface area contributed by atoms with Gasteiger partial charge in [-0.15, -0.1) is 0 Å². The van der Waals surface area contributed by atoms with Crippen LogP contribution in [0.15, 0.2) is 0 Å². The lowest BCUT2D eigenvalue weighted by Crippen LogP contribution is -2.51. The molecule has 0 radical (unpaired) electrons. The van der Waals surface area contributed by atoms with Gasteiger partial charge in [0, 0.05) is 31.6 Å². The topological polar surface area (TPSA) is 52.7 Å². The zero-order valence-electron chi connectivity index (χ0n) is 14.9. The molecule has 0 aromatic heterocycles. The van der Waals surface area contributed by atoms with Crippen molar-refractivity contribution in [3.8, 4) is 0 Å². The molecule has 0 aromatic carbocycles. The molecule has 5 nitrogen and oxygen atoms in total. The molecule has 2 aliphatic carbocycles. The summed E-state index contributed by atoms with van der Waals surface area (Å²) in [6, 6.07) is 1.14. The molecule has 4 aliphatic rings. The van der Waals surface area contributed by atoms with E-state index >= 15 is 0 Å². The monoisotopic (exact) mass is 333 g/mol. The Morgan fingerprint density at radius 3 is 2.21 bits per heavy atom. The fourth-order valence-corrected chi connectivity index (χ4v) is 5.01. The molecule has 1 N–H and O–H groups in total. The van der Waals surface area contributed by atoms with Gasteiger partial charge in [-0.2, -0.15) is 0 Å². The van der Waals surface area contributed by atoms with Crippen molar-refractivity contribution in [3.05, 3.63) is 0 Å². The number of amides is 2. The van der Waals surface area contributed by atoms with E-state index in [1.54, 1.807) is 6.92 Å². The van der Waals surface area contributed by atoms with Gasteiger partial charge >= 0.3 is 0 Å². The van der Waals surface area contributed by atoms with Crippen molar-refractivity contribution < 1.29 is 9.59 Å². The molecular weight excluding hydrogens is 302 g/mol. The minimum Gasteiger partial charge on any atom is -0.352 e. The Kier molecular flexibility index (Phi) is 4.54. The summed E-state index contributed by atoms with van der Waals surface area (Å²) in [7, 11) is 0. The average Bonchev–Trinajstić information content (AvgIpc) is 3.46. The van der Waals surface area contributed by atoms with Crippen molar-refractivity contribution in [2.75, 3.05) is 19.6 Å². The van der Waals surface area contributed by atoms with Crippen molar-refractivity contribution in [2.24, 2.45) is 11.8 Å². The summed E-state index contributed by atoms with van der Waals surface area (Å²) in [5.41, 5.74) is 0. The van der Waals surface area contributed by atoms with Gasteiger partial charge < -0.3 is 10.2 Å². The normalized spacial score (nSPS) is 31.0. The Hall–Kier alpha value is -1.10. The standard InChI is InChI=1S/C19H31N3O2/c1-13(23)22-11-3-5-17(22)16-4-2-10-21(16)12-18(24)20-19(14-6-7-14)15-8-9-15/h14-17,19H,2-12H2,1H3,(H,20,24)/t16-,17+/m0/s1. The second kappa shape index (κ2) is 6.66. The van der Waals surface area contributed by atoms with E-state index in [0.29, 0.717) is 24.7 Å². The predicted molar refractivity (Wildman–Crippen MR) is 92.4 cm³/mol. The summed E-state index contributed by atoms with van der Waals surface area (Å²) in [5, 5.41) is 3.35. The van der Waals surface area contributed by atoms with Gasteiger partial charge in [-0.05, 0) is 69.7 Å². The van der Waals surface area contributed by atoms with Crippen molar-refractivity contribution in [1.29, 1.82) is 0 Å². The van der Waals surface area contributed by atoms with Crippen molar-refractivity contribution in [2.45, 2.75) is 76.4 Å². The third-order valence-electron chi connectivity index (χ3n) is 6.50. The summed E-state index contributed by atoms with van der Waals surface area (Å²) in [6.45, 7) is 4.09. The lowest BCUT2D eigenvalue weighted by atomic mass is 10.0. The number of nitrogens with zero attached hydrogens (tertiary/aromatic N) is 2. The summed E-state index contributed by atoms with van der Waals surface area (Å²) in [5.74, 6) is 1.90. The molecule has 4 fully saturated rings. The number of nitrogens with one attached hydrogen (secondary N) is 1. The fraction of sp³-hybridized carbons (Fsp3) is 0.895. The Morgan fingerprint density at radius 2 is 1.58 bits per heavy atom. The third-order valence-corrected chi connectivity index (χ3v) is 6.50. The van der Waals surface area contributed by atoms with Gasteiger partial charge in [0.2, 0.25) is 11.8 Å². The molecule has 2 saturated carbocycles. The summed E-state index contributed by atoms with van der Waals surface area (Å²) >= 11 is 0. The lowest BCUT2D eigenvalue weighted by Gasteiger charge is -2.34. The van der Waals surface area contributed by atoms with Crippen LogP contribution in [0.1, 0.15) is 58.3 Å². The van der Waals surface area contributed by atoms with Crippen LogP contribution in [-0.4, -0.2) is 59.4 Å². The molecule has 5 heteroatoms. The van der Waals surface area contributed by atoms with Crippen LogP contribution >= 0.6 is 0 Å². The second-order valence-electron chi connectivity index (χ2n) is 8.37. The Balaban J connectivity index is 1.34. The Morgan fingerprint density at radius 1 is 0.958 bits per heavy atom. The number of carbonyl (C=O) groups excluding carboxylic acids is 2.